The lowest BCUT2D eigenvalue weighted by molar-refractivity contribution is 0.0127. The van der Waals surface area contributed by atoms with Gasteiger partial charge in [-0.15, -0.1) is 0 Å². The van der Waals surface area contributed by atoms with Crippen LogP contribution in [-0.4, -0.2) is 22.4 Å². The highest BCUT2D eigenvalue weighted by molar-refractivity contribution is 5.05. The van der Waals surface area contributed by atoms with Crippen LogP contribution in [0.4, 0.5) is 0 Å². The normalized spacial score (nSPS) is 20.2. The first-order chi connectivity index (χ1) is 5.91. The molecule has 0 aromatic rings. The zero-order chi connectivity index (χ0) is 10.6. The average Bonchev–Trinajstić information content (AvgIpc) is 2.12. The first-order valence-corrected chi connectivity index (χ1v) is 4.90. The first kappa shape index (κ1) is 12.7. The lowest BCUT2D eigenvalue weighted by Crippen LogP contribution is -2.33. The Morgan fingerprint density at radius 1 is 1.15 bits per heavy atom. The highest BCUT2D eigenvalue weighted by atomic mass is 16.3. The fourth-order valence-corrected chi connectivity index (χ4v) is 1.38. The Hall–Kier alpha value is -0.340. The fraction of sp³-hybridized carbons (Fsp3) is 0.818. The molecule has 0 rings (SSSR count). The van der Waals surface area contributed by atoms with E-state index in [0.717, 1.165) is 5.57 Å². The summed E-state index contributed by atoms with van der Waals surface area (Å²) in [5, 5.41) is 19.5. The molecule has 3 atom stereocenters. The van der Waals surface area contributed by atoms with E-state index >= 15 is 0 Å². The van der Waals surface area contributed by atoms with Gasteiger partial charge in [-0.1, -0.05) is 26.8 Å². The molecule has 0 saturated carbocycles. The van der Waals surface area contributed by atoms with Crippen molar-refractivity contribution in [2.24, 2.45) is 11.8 Å². The van der Waals surface area contributed by atoms with E-state index in [9.17, 15) is 10.2 Å². The minimum Gasteiger partial charge on any atom is -0.392 e. The molecule has 0 aliphatic rings. The molecule has 0 bridgehead atoms. The number of aliphatic hydroxyl groups excluding tert-OH is 2. The Bertz CT molecular complexity index is 173. The first-order valence-electron chi connectivity index (χ1n) is 4.90. The number of hydrogen-bond donors (Lipinski definition) is 2. The second kappa shape index (κ2) is 5.40. The third-order valence-corrected chi connectivity index (χ3v) is 2.64. The standard InChI is InChI=1S/C11H22O2/c1-6-8(4)11(13)9(5)10(12)7(2)3/h6-7,9-13H,1-5H3. The monoisotopic (exact) mass is 186 g/mol. The topological polar surface area (TPSA) is 40.5 Å². The summed E-state index contributed by atoms with van der Waals surface area (Å²) in [5.41, 5.74) is 0.923. The second-order valence-corrected chi connectivity index (χ2v) is 4.07. The van der Waals surface area contributed by atoms with E-state index in [1.165, 1.54) is 0 Å². The number of hydrogen-bond acceptors (Lipinski definition) is 2. The summed E-state index contributed by atoms with van der Waals surface area (Å²) in [4.78, 5) is 0. The van der Waals surface area contributed by atoms with Crippen molar-refractivity contribution in [3.63, 3.8) is 0 Å². The summed E-state index contributed by atoms with van der Waals surface area (Å²) in [5.74, 6) is 0.0884. The Labute approximate surface area is 81.3 Å². The van der Waals surface area contributed by atoms with Crippen LogP contribution in [0.25, 0.3) is 0 Å². The van der Waals surface area contributed by atoms with Crippen LogP contribution in [0.1, 0.15) is 34.6 Å². The van der Waals surface area contributed by atoms with Gasteiger partial charge in [0.2, 0.25) is 0 Å². The van der Waals surface area contributed by atoms with Crippen molar-refractivity contribution < 1.29 is 10.2 Å². The molecular weight excluding hydrogens is 164 g/mol. The fourth-order valence-electron chi connectivity index (χ4n) is 1.38. The summed E-state index contributed by atoms with van der Waals surface area (Å²) in [6.07, 6.45) is 0.918. The van der Waals surface area contributed by atoms with E-state index < -0.39 is 12.2 Å². The van der Waals surface area contributed by atoms with Crippen molar-refractivity contribution >= 4 is 0 Å². The predicted molar refractivity (Wildman–Crippen MR) is 55.4 cm³/mol. The molecule has 0 heterocycles. The van der Waals surface area contributed by atoms with Crippen LogP contribution < -0.4 is 0 Å². The summed E-state index contributed by atoms with van der Waals surface area (Å²) in [6, 6.07) is 0. The lowest BCUT2D eigenvalue weighted by atomic mass is 9.87. The van der Waals surface area contributed by atoms with Crippen LogP contribution in [0.2, 0.25) is 0 Å². The quantitative estimate of drug-likeness (QED) is 0.659. The van der Waals surface area contributed by atoms with Crippen LogP contribution in [0.3, 0.4) is 0 Å². The zero-order valence-corrected chi connectivity index (χ0v) is 9.28. The maximum Gasteiger partial charge on any atom is 0.0797 e. The molecule has 0 radical (unpaired) electrons. The average molecular weight is 186 g/mol. The van der Waals surface area contributed by atoms with E-state index in [1.807, 2.05) is 40.7 Å². The number of allylic oxidation sites excluding steroid dienone is 1. The van der Waals surface area contributed by atoms with Gasteiger partial charge < -0.3 is 10.2 Å². The van der Waals surface area contributed by atoms with Gasteiger partial charge in [-0.3, -0.25) is 0 Å². The van der Waals surface area contributed by atoms with Gasteiger partial charge in [-0.05, 0) is 25.3 Å². The maximum absolute atomic E-state index is 9.78. The van der Waals surface area contributed by atoms with Gasteiger partial charge in [0, 0.05) is 5.92 Å². The van der Waals surface area contributed by atoms with E-state index in [-0.39, 0.29) is 11.8 Å². The number of aliphatic hydroxyl groups is 2. The van der Waals surface area contributed by atoms with E-state index in [2.05, 4.69) is 0 Å². The molecule has 0 aromatic carbocycles. The summed E-state index contributed by atoms with van der Waals surface area (Å²) in [7, 11) is 0. The van der Waals surface area contributed by atoms with Crippen molar-refractivity contribution in [3.05, 3.63) is 11.6 Å². The largest absolute Gasteiger partial charge is 0.392 e. The molecule has 0 aromatic heterocycles. The lowest BCUT2D eigenvalue weighted by Gasteiger charge is -2.27. The zero-order valence-electron chi connectivity index (χ0n) is 9.28. The molecule has 0 spiro atoms. The Balaban J connectivity index is 4.33. The molecule has 2 nitrogen and oxygen atoms in total. The Morgan fingerprint density at radius 2 is 1.62 bits per heavy atom. The van der Waals surface area contributed by atoms with E-state index in [0.29, 0.717) is 0 Å². The predicted octanol–water partition coefficient (Wildman–Crippen LogP) is 1.97. The van der Waals surface area contributed by atoms with Gasteiger partial charge in [-0.2, -0.15) is 0 Å². The molecule has 0 aliphatic heterocycles. The van der Waals surface area contributed by atoms with Gasteiger partial charge in [0.15, 0.2) is 0 Å². The Kier molecular flexibility index (Phi) is 5.26. The van der Waals surface area contributed by atoms with Gasteiger partial charge in [-0.25, -0.2) is 0 Å². The molecule has 2 heteroatoms. The molecule has 0 amide bonds. The molecule has 78 valence electrons. The molecule has 0 fully saturated rings. The van der Waals surface area contributed by atoms with Crippen molar-refractivity contribution in [3.8, 4) is 0 Å². The maximum atomic E-state index is 9.78. The van der Waals surface area contributed by atoms with Gasteiger partial charge >= 0.3 is 0 Å². The number of rotatable bonds is 4. The Morgan fingerprint density at radius 3 is 1.92 bits per heavy atom. The minimum atomic E-state index is -0.526. The third kappa shape index (κ3) is 3.49. The SMILES string of the molecule is CC=C(C)C(O)C(C)C(O)C(C)C. The smallest absolute Gasteiger partial charge is 0.0797 e. The summed E-state index contributed by atoms with van der Waals surface area (Å²) < 4.78 is 0. The van der Waals surface area contributed by atoms with Crippen LogP contribution in [-0.2, 0) is 0 Å². The van der Waals surface area contributed by atoms with E-state index in [1.54, 1.807) is 0 Å². The van der Waals surface area contributed by atoms with Gasteiger partial charge in [0.1, 0.15) is 0 Å². The molecule has 2 N–H and O–H groups in total. The summed E-state index contributed by atoms with van der Waals surface area (Å²) >= 11 is 0. The van der Waals surface area contributed by atoms with Crippen molar-refractivity contribution in [1.29, 1.82) is 0 Å². The molecular formula is C11H22O2. The van der Waals surface area contributed by atoms with Crippen LogP contribution in [0, 0.1) is 11.8 Å². The van der Waals surface area contributed by atoms with Crippen LogP contribution >= 0.6 is 0 Å². The van der Waals surface area contributed by atoms with Crippen molar-refractivity contribution in [1.82, 2.24) is 0 Å². The molecule has 13 heavy (non-hydrogen) atoms. The highest BCUT2D eigenvalue weighted by Gasteiger charge is 2.25. The second-order valence-electron chi connectivity index (χ2n) is 4.07. The van der Waals surface area contributed by atoms with Gasteiger partial charge in [0.05, 0.1) is 12.2 Å². The van der Waals surface area contributed by atoms with Gasteiger partial charge in [0.25, 0.3) is 0 Å². The highest BCUT2D eigenvalue weighted by Crippen LogP contribution is 2.20. The van der Waals surface area contributed by atoms with Crippen molar-refractivity contribution in [2.45, 2.75) is 46.8 Å². The third-order valence-electron chi connectivity index (χ3n) is 2.64. The minimum absolute atomic E-state index is 0.101. The van der Waals surface area contributed by atoms with Crippen molar-refractivity contribution in [2.75, 3.05) is 0 Å². The van der Waals surface area contributed by atoms with Crippen LogP contribution in [0.5, 0.6) is 0 Å². The molecule has 0 aliphatic carbocycles. The van der Waals surface area contributed by atoms with E-state index in [4.69, 9.17) is 0 Å². The molecule has 0 saturated heterocycles. The molecule has 3 unspecified atom stereocenters. The van der Waals surface area contributed by atoms with Crippen LogP contribution in [0.15, 0.2) is 11.6 Å². The summed E-state index contributed by atoms with van der Waals surface area (Å²) in [6.45, 7) is 9.57.